The van der Waals surface area contributed by atoms with Crippen molar-refractivity contribution in [2.24, 2.45) is 0 Å². The van der Waals surface area contributed by atoms with Gasteiger partial charge in [-0.15, -0.1) is 0 Å². The Hall–Kier alpha value is -1.68. The molecule has 15 heavy (non-hydrogen) atoms. The molecule has 1 aromatic rings. The zero-order valence-corrected chi connectivity index (χ0v) is 8.84. The second kappa shape index (κ2) is 5.26. The molecule has 4 heteroatoms. The number of aromatic nitrogens is 1. The van der Waals surface area contributed by atoms with Crippen molar-refractivity contribution in [2.75, 3.05) is 14.1 Å². The van der Waals surface area contributed by atoms with Crippen LogP contribution in [-0.4, -0.2) is 34.9 Å². The SMILES string of the molecule is CN(C)C=CC(=O)c1ccc(CO)cn1. The highest BCUT2D eigenvalue weighted by molar-refractivity contribution is 6.02. The quantitative estimate of drug-likeness (QED) is 0.585. The standard InChI is InChI=1S/C11H14N2O2/c1-13(2)6-5-11(15)10-4-3-9(8-14)7-12-10/h3-7,14H,8H2,1-2H3. The molecule has 0 radical (unpaired) electrons. The molecule has 0 atom stereocenters. The van der Waals surface area contributed by atoms with Crippen molar-refractivity contribution in [2.45, 2.75) is 6.61 Å². The largest absolute Gasteiger partial charge is 0.392 e. The van der Waals surface area contributed by atoms with E-state index in [4.69, 9.17) is 5.11 Å². The Morgan fingerprint density at radius 1 is 1.53 bits per heavy atom. The number of carbonyl (C=O) groups excluding carboxylic acids is 1. The Balaban J connectivity index is 2.74. The normalized spacial score (nSPS) is 10.6. The van der Waals surface area contributed by atoms with E-state index >= 15 is 0 Å². The van der Waals surface area contributed by atoms with Gasteiger partial charge in [-0.1, -0.05) is 6.07 Å². The predicted molar refractivity (Wildman–Crippen MR) is 57.3 cm³/mol. The van der Waals surface area contributed by atoms with Crippen molar-refractivity contribution in [3.8, 4) is 0 Å². The molecule has 0 aromatic carbocycles. The molecule has 0 aliphatic heterocycles. The maximum atomic E-state index is 11.5. The van der Waals surface area contributed by atoms with E-state index in [0.717, 1.165) is 0 Å². The lowest BCUT2D eigenvalue weighted by atomic mass is 10.2. The van der Waals surface area contributed by atoms with E-state index in [1.54, 1.807) is 23.2 Å². The van der Waals surface area contributed by atoms with Gasteiger partial charge in [-0.2, -0.15) is 0 Å². The fraction of sp³-hybridized carbons (Fsp3) is 0.273. The van der Waals surface area contributed by atoms with Gasteiger partial charge in [0.25, 0.3) is 0 Å². The van der Waals surface area contributed by atoms with E-state index in [1.165, 1.54) is 12.3 Å². The molecular formula is C11H14N2O2. The van der Waals surface area contributed by atoms with Gasteiger partial charge in [0.15, 0.2) is 0 Å². The van der Waals surface area contributed by atoms with Gasteiger partial charge in [0, 0.05) is 32.6 Å². The van der Waals surface area contributed by atoms with Crippen molar-refractivity contribution in [1.29, 1.82) is 0 Å². The first kappa shape index (κ1) is 11.4. The summed E-state index contributed by atoms with van der Waals surface area (Å²) in [5, 5.41) is 8.80. The molecule has 0 spiro atoms. The molecule has 4 nitrogen and oxygen atoms in total. The van der Waals surface area contributed by atoms with Gasteiger partial charge in [0.05, 0.1) is 6.61 Å². The van der Waals surface area contributed by atoms with E-state index in [9.17, 15) is 4.79 Å². The zero-order valence-electron chi connectivity index (χ0n) is 8.84. The molecule has 0 aliphatic carbocycles. The molecule has 1 aromatic heterocycles. The number of hydrogen-bond acceptors (Lipinski definition) is 4. The average molecular weight is 206 g/mol. The molecule has 1 rings (SSSR count). The van der Waals surface area contributed by atoms with Gasteiger partial charge in [0.2, 0.25) is 5.78 Å². The molecule has 0 unspecified atom stereocenters. The van der Waals surface area contributed by atoms with E-state index < -0.39 is 0 Å². The molecule has 0 aliphatic rings. The van der Waals surface area contributed by atoms with Crippen LogP contribution in [0, 0.1) is 0 Å². The monoisotopic (exact) mass is 206 g/mol. The molecule has 0 bridgehead atoms. The molecule has 0 fully saturated rings. The van der Waals surface area contributed by atoms with Crippen molar-refractivity contribution < 1.29 is 9.90 Å². The number of carbonyl (C=O) groups is 1. The molecular weight excluding hydrogens is 192 g/mol. The Labute approximate surface area is 88.9 Å². The van der Waals surface area contributed by atoms with E-state index in [-0.39, 0.29) is 12.4 Å². The topological polar surface area (TPSA) is 53.4 Å². The van der Waals surface area contributed by atoms with Crippen LogP contribution in [0.15, 0.2) is 30.6 Å². The van der Waals surface area contributed by atoms with Gasteiger partial charge in [0.1, 0.15) is 5.69 Å². The summed E-state index contributed by atoms with van der Waals surface area (Å²) in [5.74, 6) is -0.145. The van der Waals surface area contributed by atoms with Crippen LogP contribution in [0.1, 0.15) is 16.1 Å². The number of allylic oxidation sites excluding steroid dienone is 1. The Morgan fingerprint density at radius 3 is 2.73 bits per heavy atom. The van der Waals surface area contributed by atoms with Crippen LogP contribution in [-0.2, 0) is 6.61 Å². The fourth-order valence-electron chi connectivity index (χ4n) is 0.966. The fourth-order valence-corrected chi connectivity index (χ4v) is 0.966. The minimum Gasteiger partial charge on any atom is -0.392 e. The van der Waals surface area contributed by atoms with E-state index in [0.29, 0.717) is 11.3 Å². The van der Waals surface area contributed by atoms with Crippen molar-refractivity contribution in [1.82, 2.24) is 9.88 Å². The molecule has 0 saturated heterocycles. The summed E-state index contributed by atoms with van der Waals surface area (Å²) in [5.41, 5.74) is 1.08. The number of pyridine rings is 1. The Morgan fingerprint density at radius 2 is 2.27 bits per heavy atom. The third-order valence-corrected chi connectivity index (χ3v) is 1.78. The van der Waals surface area contributed by atoms with Crippen LogP contribution in [0.25, 0.3) is 0 Å². The third kappa shape index (κ3) is 3.52. The van der Waals surface area contributed by atoms with E-state index in [1.807, 2.05) is 14.1 Å². The first-order valence-electron chi connectivity index (χ1n) is 4.58. The number of aliphatic hydroxyl groups excluding tert-OH is 1. The first-order valence-corrected chi connectivity index (χ1v) is 4.58. The first-order chi connectivity index (χ1) is 7.13. The lowest BCUT2D eigenvalue weighted by molar-refractivity contribution is 0.104. The van der Waals surface area contributed by atoms with Crippen molar-refractivity contribution in [3.63, 3.8) is 0 Å². The minimum atomic E-state index is -0.145. The summed E-state index contributed by atoms with van der Waals surface area (Å²) < 4.78 is 0. The molecule has 0 saturated carbocycles. The zero-order chi connectivity index (χ0) is 11.3. The predicted octanol–water partition coefficient (Wildman–Crippen LogP) is 0.832. The summed E-state index contributed by atoms with van der Waals surface area (Å²) in [6, 6.07) is 3.29. The molecule has 80 valence electrons. The summed E-state index contributed by atoms with van der Waals surface area (Å²) in [6.07, 6.45) is 4.63. The highest BCUT2D eigenvalue weighted by Crippen LogP contribution is 2.01. The van der Waals surface area contributed by atoms with E-state index in [2.05, 4.69) is 4.98 Å². The van der Waals surface area contributed by atoms with Gasteiger partial charge >= 0.3 is 0 Å². The van der Waals surface area contributed by atoms with Crippen molar-refractivity contribution >= 4 is 5.78 Å². The van der Waals surface area contributed by atoms with Gasteiger partial charge in [-0.25, -0.2) is 0 Å². The van der Waals surface area contributed by atoms with Crippen LogP contribution in [0.3, 0.4) is 0 Å². The number of aliphatic hydroxyl groups is 1. The number of ketones is 1. The Bertz CT molecular complexity index is 355. The van der Waals surface area contributed by atoms with Crippen LogP contribution in [0.5, 0.6) is 0 Å². The summed E-state index contributed by atoms with van der Waals surface area (Å²) in [6.45, 7) is -0.0605. The van der Waals surface area contributed by atoms with Crippen LogP contribution in [0.2, 0.25) is 0 Å². The van der Waals surface area contributed by atoms with Crippen LogP contribution in [0.4, 0.5) is 0 Å². The average Bonchev–Trinajstić information content (AvgIpc) is 2.26. The number of hydrogen-bond donors (Lipinski definition) is 1. The number of rotatable bonds is 4. The summed E-state index contributed by atoms with van der Waals surface area (Å²) in [7, 11) is 3.68. The number of nitrogens with zero attached hydrogens (tertiary/aromatic N) is 2. The molecule has 0 amide bonds. The highest BCUT2D eigenvalue weighted by Gasteiger charge is 2.02. The highest BCUT2D eigenvalue weighted by atomic mass is 16.3. The van der Waals surface area contributed by atoms with Gasteiger partial charge in [-0.05, 0) is 11.6 Å². The summed E-state index contributed by atoms with van der Waals surface area (Å²) >= 11 is 0. The molecule has 1 N–H and O–H groups in total. The Kier molecular flexibility index (Phi) is 4.00. The molecule has 1 heterocycles. The maximum Gasteiger partial charge on any atom is 0.205 e. The smallest absolute Gasteiger partial charge is 0.205 e. The lowest BCUT2D eigenvalue weighted by Gasteiger charge is -2.02. The van der Waals surface area contributed by atoms with Gasteiger partial charge in [-0.3, -0.25) is 9.78 Å². The second-order valence-electron chi connectivity index (χ2n) is 3.35. The minimum absolute atomic E-state index is 0.0605. The van der Waals surface area contributed by atoms with Gasteiger partial charge < -0.3 is 10.0 Å². The lowest BCUT2D eigenvalue weighted by Crippen LogP contribution is -2.04. The summed E-state index contributed by atoms with van der Waals surface area (Å²) in [4.78, 5) is 17.2. The maximum absolute atomic E-state index is 11.5. The second-order valence-corrected chi connectivity index (χ2v) is 3.35. The van der Waals surface area contributed by atoms with Crippen LogP contribution < -0.4 is 0 Å². The van der Waals surface area contributed by atoms with Crippen molar-refractivity contribution in [3.05, 3.63) is 41.9 Å². The van der Waals surface area contributed by atoms with Crippen LogP contribution >= 0.6 is 0 Å². The third-order valence-electron chi connectivity index (χ3n) is 1.78.